The van der Waals surface area contributed by atoms with Gasteiger partial charge >= 0.3 is 12.3 Å². The highest BCUT2D eigenvalue weighted by Crippen LogP contribution is 2.34. The quantitative estimate of drug-likeness (QED) is 0.217. The standard InChI is InChI=1S/C33H32F3NO6/c34-33(35,36)43-27-8-4-7-26(19-27)31(41)28(23-11-15-25(16-12-23)32(42)37-18-17-30(39)40)20-29(38)24-13-9-22(10-14-24)21-5-2-1-3-6-21/h4,7-16,19,21,28H,1-3,5-6,17-18,20H2,(H,37,42)(H,39,40). The van der Waals surface area contributed by atoms with Gasteiger partial charge in [-0.25, -0.2) is 0 Å². The molecule has 10 heteroatoms. The van der Waals surface area contributed by atoms with Crippen LogP contribution in [0, 0.1) is 0 Å². The lowest BCUT2D eigenvalue weighted by atomic mass is 9.83. The third-order valence-electron chi connectivity index (χ3n) is 7.57. The minimum Gasteiger partial charge on any atom is -0.481 e. The summed E-state index contributed by atoms with van der Waals surface area (Å²) in [5.41, 5.74) is 2.12. The molecule has 0 aromatic heterocycles. The summed E-state index contributed by atoms with van der Waals surface area (Å²) in [5, 5.41) is 11.3. The van der Waals surface area contributed by atoms with E-state index in [0.717, 1.165) is 25.0 Å². The van der Waals surface area contributed by atoms with E-state index in [2.05, 4.69) is 10.1 Å². The van der Waals surface area contributed by atoms with Gasteiger partial charge in [0.2, 0.25) is 0 Å². The van der Waals surface area contributed by atoms with Crippen LogP contribution in [0.5, 0.6) is 5.75 Å². The third kappa shape index (κ3) is 9.01. The maximum Gasteiger partial charge on any atom is 0.573 e. The van der Waals surface area contributed by atoms with Crippen molar-refractivity contribution in [2.24, 2.45) is 0 Å². The molecule has 1 fully saturated rings. The number of hydrogen-bond donors (Lipinski definition) is 2. The van der Waals surface area contributed by atoms with Gasteiger partial charge in [-0.3, -0.25) is 19.2 Å². The monoisotopic (exact) mass is 595 g/mol. The Balaban J connectivity index is 1.58. The van der Waals surface area contributed by atoms with Crippen molar-refractivity contribution in [3.8, 4) is 5.75 Å². The zero-order valence-corrected chi connectivity index (χ0v) is 23.4. The van der Waals surface area contributed by atoms with Gasteiger partial charge in [0.15, 0.2) is 11.6 Å². The highest BCUT2D eigenvalue weighted by atomic mass is 19.4. The number of hydrogen-bond acceptors (Lipinski definition) is 5. The number of Topliss-reactive ketones (excluding diaryl/α,β-unsaturated/α-hetero) is 2. The number of aliphatic carboxylic acids is 1. The number of alkyl halides is 3. The minimum absolute atomic E-state index is 0.0670. The van der Waals surface area contributed by atoms with Crippen LogP contribution in [0.2, 0.25) is 0 Å². The molecule has 1 aliphatic carbocycles. The Morgan fingerprint density at radius 3 is 2.14 bits per heavy atom. The zero-order valence-electron chi connectivity index (χ0n) is 23.4. The van der Waals surface area contributed by atoms with Gasteiger partial charge in [-0.05, 0) is 54.2 Å². The van der Waals surface area contributed by atoms with Crippen molar-refractivity contribution in [3.63, 3.8) is 0 Å². The van der Waals surface area contributed by atoms with Gasteiger partial charge in [-0.1, -0.05) is 67.8 Å². The van der Waals surface area contributed by atoms with Gasteiger partial charge in [0.25, 0.3) is 5.91 Å². The Labute approximate surface area is 247 Å². The second kappa shape index (κ2) is 14.1. The highest BCUT2D eigenvalue weighted by molar-refractivity contribution is 6.06. The zero-order chi connectivity index (χ0) is 31.0. The number of ketones is 2. The second-order valence-electron chi connectivity index (χ2n) is 10.6. The van der Waals surface area contributed by atoms with Crippen LogP contribution in [0.4, 0.5) is 13.2 Å². The number of halogens is 3. The molecule has 0 heterocycles. The molecule has 1 unspecified atom stereocenters. The number of carbonyl (C=O) groups excluding carboxylic acids is 3. The molecular weight excluding hydrogens is 563 g/mol. The van der Waals surface area contributed by atoms with E-state index in [1.165, 1.54) is 61.2 Å². The van der Waals surface area contributed by atoms with Gasteiger partial charge in [-0.15, -0.1) is 13.2 Å². The molecule has 4 rings (SSSR count). The van der Waals surface area contributed by atoms with E-state index < -0.39 is 35.7 Å². The SMILES string of the molecule is O=C(O)CCNC(=O)c1ccc(C(CC(=O)c2ccc(C3CCCCC3)cc2)C(=O)c2cccc(OC(F)(F)F)c2)cc1. The average molecular weight is 596 g/mol. The smallest absolute Gasteiger partial charge is 0.481 e. The first-order valence-electron chi connectivity index (χ1n) is 14.1. The molecule has 226 valence electrons. The molecule has 0 spiro atoms. The fourth-order valence-electron chi connectivity index (χ4n) is 5.34. The van der Waals surface area contributed by atoms with E-state index in [1.54, 1.807) is 12.1 Å². The number of amides is 1. The molecule has 1 amide bonds. The second-order valence-corrected chi connectivity index (χ2v) is 10.6. The maximum atomic E-state index is 13.7. The fourth-order valence-corrected chi connectivity index (χ4v) is 5.34. The summed E-state index contributed by atoms with van der Waals surface area (Å²) in [6.45, 7) is -0.0681. The Hall–Kier alpha value is -4.47. The molecule has 2 N–H and O–H groups in total. The summed E-state index contributed by atoms with van der Waals surface area (Å²) in [4.78, 5) is 50.2. The molecular formula is C33H32F3NO6. The number of nitrogens with one attached hydrogen (secondary N) is 1. The number of carboxylic acid groups (broad SMARTS) is 1. The van der Waals surface area contributed by atoms with Gasteiger partial charge in [0.1, 0.15) is 5.75 Å². The number of carboxylic acids is 1. The van der Waals surface area contributed by atoms with Crippen LogP contribution >= 0.6 is 0 Å². The van der Waals surface area contributed by atoms with Crippen molar-refractivity contribution >= 4 is 23.4 Å². The fraction of sp³-hybridized carbons (Fsp3) is 0.333. The predicted molar refractivity (Wildman–Crippen MR) is 152 cm³/mol. The Bertz CT molecular complexity index is 1440. The molecule has 0 aliphatic heterocycles. The van der Waals surface area contributed by atoms with Crippen LogP contribution in [0.15, 0.2) is 72.8 Å². The van der Waals surface area contributed by atoms with E-state index in [-0.39, 0.29) is 36.3 Å². The minimum atomic E-state index is -4.94. The van der Waals surface area contributed by atoms with Gasteiger partial charge < -0.3 is 15.2 Å². The van der Waals surface area contributed by atoms with Crippen LogP contribution in [0.25, 0.3) is 0 Å². The summed E-state index contributed by atoms with van der Waals surface area (Å²) in [6, 6.07) is 17.9. The molecule has 3 aromatic carbocycles. The number of ether oxygens (including phenoxy) is 1. The van der Waals surface area contributed by atoms with Crippen molar-refractivity contribution < 1.29 is 42.2 Å². The summed E-state index contributed by atoms with van der Waals surface area (Å²) < 4.78 is 42.4. The van der Waals surface area contributed by atoms with Crippen molar-refractivity contribution in [1.29, 1.82) is 0 Å². The van der Waals surface area contributed by atoms with Gasteiger partial charge in [0.05, 0.1) is 12.3 Å². The van der Waals surface area contributed by atoms with E-state index in [0.29, 0.717) is 17.0 Å². The number of benzene rings is 3. The summed E-state index contributed by atoms with van der Waals surface area (Å²) >= 11 is 0. The molecule has 0 saturated heterocycles. The van der Waals surface area contributed by atoms with Crippen molar-refractivity contribution in [3.05, 3.63) is 101 Å². The molecule has 3 aromatic rings. The number of carbonyl (C=O) groups is 4. The van der Waals surface area contributed by atoms with Crippen LogP contribution in [-0.2, 0) is 4.79 Å². The molecule has 43 heavy (non-hydrogen) atoms. The predicted octanol–water partition coefficient (Wildman–Crippen LogP) is 7.08. The van der Waals surface area contributed by atoms with E-state index in [4.69, 9.17) is 5.11 Å². The van der Waals surface area contributed by atoms with Crippen LogP contribution in [-0.4, -0.2) is 41.5 Å². The highest BCUT2D eigenvalue weighted by Gasteiger charge is 2.32. The molecule has 0 radical (unpaired) electrons. The number of rotatable bonds is 12. The first-order valence-corrected chi connectivity index (χ1v) is 14.1. The normalized spacial score (nSPS) is 14.5. The topological polar surface area (TPSA) is 110 Å². The van der Waals surface area contributed by atoms with Gasteiger partial charge in [-0.2, -0.15) is 0 Å². The average Bonchev–Trinajstić information content (AvgIpc) is 2.99. The summed E-state index contributed by atoms with van der Waals surface area (Å²) in [6.07, 6.45) is 0.340. The summed E-state index contributed by atoms with van der Waals surface area (Å²) in [7, 11) is 0. The molecule has 0 bridgehead atoms. The summed E-state index contributed by atoms with van der Waals surface area (Å²) in [5.74, 6) is -3.63. The van der Waals surface area contributed by atoms with Crippen LogP contribution < -0.4 is 10.1 Å². The van der Waals surface area contributed by atoms with E-state index >= 15 is 0 Å². The Morgan fingerprint density at radius 1 is 0.860 bits per heavy atom. The Morgan fingerprint density at radius 2 is 1.51 bits per heavy atom. The van der Waals surface area contributed by atoms with Crippen LogP contribution in [0.3, 0.4) is 0 Å². The lowest BCUT2D eigenvalue weighted by Gasteiger charge is -2.22. The molecule has 7 nitrogen and oxygen atoms in total. The Kier molecular flexibility index (Phi) is 10.3. The van der Waals surface area contributed by atoms with E-state index in [9.17, 15) is 32.3 Å². The largest absolute Gasteiger partial charge is 0.573 e. The molecule has 1 aliphatic rings. The first kappa shape index (κ1) is 31.5. The first-order chi connectivity index (χ1) is 20.5. The van der Waals surface area contributed by atoms with Crippen molar-refractivity contribution in [1.82, 2.24) is 5.32 Å². The third-order valence-corrected chi connectivity index (χ3v) is 7.57. The molecule has 1 atom stereocenters. The van der Waals surface area contributed by atoms with Gasteiger partial charge in [0, 0.05) is 29.7 Å². The lowest BCUT2D eigenvalue weighted by molar-refractivity contribution is -0.274. The lowest BCUT2D eigenvalue weighted by Crippen LogP contribution is -2.26. The molecule has 1 saturated carbocycles. The van der Waals surface area contributed by atoms with Crippen molar-refractivity contribution in [2.45, 2.75) is 63.1 Å². The van der Waals surface area contributed by atoms with Crippen molar-refractivity contribution in [2.75, 3.05) is 6.54 Å². The maximum absolute atomic E-state index is 13.7. The van der Waals surface area contributed by atoms with Crippen LogP contribution in [0.1, 0.15) is 99.0 Å². The van der Waals surface area contributed by atoms with E-state index in [1.807, 2.05) is 12.1 Å².